The van der Waals surface area contributed by atoms with Gasteiger partial charge in [0.15, 0.2) is 3.92 Å². The van der Waals surface area contributed by atoms with Crippen molar-refractivity contribution in [3.05, 3.63) is 8.92 Å². The van der Waals surface area contributed by atoms with Crippen molar-refractivity contribution in [2.45, 2.75) is 44.9 Å². The molecule has 1 aromatic heterocycles. The number of nitrogens with zero attached hydrogens (tertiary/aromatic N) is 2. The average molecular weight is 275 g/mol. The summed E-state index contributed by atoms with van der Waals surface area (Å²) in [4.78, 5) is 0. The third-order valence-corrected chi connectivity index (χ3v) is 4.35. The summed E-state index contributed by atoms with van der Waals surface area (Å²) in [5.74, 6) is 0.950. The van der Waals surface area contributed by atoms with E-state index < -0.39 is 0 Å². The van der Waals surface area contributed by atoms with Gasteiger partial charge >= 0.3 is 0 Å². The van der Waals surface area contributed by atoms with Crippen molar-refractivity contribution in [3.8, 4) is 0 Å². The smallest absolute Gasteiger partial charge is 0.143 e. The Kier molecular flexibility index (Phi) is 3.93. The second-order valence-corrected chi connectivity index (χ2v) is 6.33. The fourth-order valence-corrected chi connectivity index (χ4v) is 3.36. The van der Waals surface area contributed by atoms with Crippen LogP contribution in [0.5, 0.6) is 0 Å². The van der Waals surface area contributed by atoms with Gasteiger partial charge in [0.1, 0.15) is 5.01 Å². The molecule has 14 heavy (non-hydrogen) atoms. The van der Waals surface area contributed by atoms with Crippen LogP contribution < -0.4 is 0 Å². The van der Waals surface area contributed by atoms with E-state index in [4.69, 9.17) is 0 Å². The fourth-order valence-electron chi connectivity index (χ4n) is 2.14. The van der Waals surface area contributed by atoms with E-state index in [0.717, 1.165) is 16.3 Å². The summed E-state index contributed by atoms with van der Waals surface area (Å²) in [6, 6.07) is 0. The first kappa shape index (κ1) is 10.6. The third kappa shape index (κ3) is 3.02. The first-order valence-corrected chi connectivity index (χ1v) is 6.93. The second-order valence-electron chi connectivity index (χ2n) is 3.99. The Morgan fingerprint density at radius 3 is 2.64 bits per heavy atom. The molecule has 1 aliphatic carbocycles. The molecule has 0 saturated heterocycles. The van der Waals surface area contributed by atoms with Crippen molar-refractivity contribution < 1.29 is 0 Å². The summed E-state index contributed by atoms with van der Waals surface area (Å²) < 4.78 is 0.913. The van der Waals surface area contributed by atoms with Crippen LogP contribution in [0.15, 0.2) is 3.92 Å². The van der Waals surface area contributed by atoms with Gasteiger partial charge in [-0.05, 0) is 28.3 Å². The van der Waals surface area contributed by atoms with Crippen LogP contribution in [0, 0.1) is 5.92 Å². The van der Waals surface area contributed by atoms with E-state index in [9.17, 15) is 0 Å². The topological polar surface area (TPSA) is 25.8 Å². The van der Waals surface area contributed by atoms with Gasteiger partial charge in [-0.1, -0.05) is 43.4 Å². The lowest BCUT2D eigenvalue weighted by molar-refractivity contribution is 0.339. The molecule has 0 amide bonds. The maximum absolute atomic E-state index is 4.12. The van der Waals surface area contributed by atoms with Gasteiger partial charge < -0.3 is 0 Å². The van der Waals surface area contributed by atoms with Gasteiger partial charge in [0, 0.05) is 6.42 Å². The summed E-state index contributed by atoms with van der Waals surface area (Å²) in [5.41, 5.74) is 0. The van der Waals surface area contributed by atoms with Crippen LogP contribution in [0.1, 0.15) is 43.5 Å². The zero-order chi connectivity index (χ0) is 9.80. The molecule has 1 aliphatic rings. The van der Waals surface area contributed by atoms with Crippen LogP contribution in [0.3, 0.4) is 0 Å². The molecule has 1 heterocycles. The minimum absolute atomic E-state index is 0.913. The van der Waals surface area contributed by atoms with E-state index in [2.05, 4.69) is 26.1 Å². The highest BCUT2D eigenvalue weighted by Crippen LogP contribution is 2.28. The zero-order valence-corrected chi connectivity index (χ0v) is 10.6. The first-order chi connectivity index (χ1) is 6.84. The molecule has 2 nitrogen and oxygen atoms in total. The SMILES string of the molecule is Brc1nnc(CCC2CCCCC2)s1. The Morgan fingerprint density at radius 2 is 2.00 bits per heavy atom. The minimum atomic E-state index is 0.913. The van der Waals surface area contributed by atoms with Crippen LogP contribution >= 0.6 is 27.3 Å². The summed E-state index contributed by atoms with van der Waals surface area (Å²) in [6.45, 7) is 0. The van der Waals surface area contributed by atoms with Gasteiger partial charge in [0.25, 0.3) is 0 Å². The van der Waals surface area contributed by atoms with Gasteiger partial charge in [0.05, 0.1) is 0 Å². The van der Waals surface area contributed by atoms with E-state index in [0.29, 0.717) is 0 Å². The van der Waals surface area contributed by atoms with Crippen LogP contribution in [0.25, 0.3) is 0 Å². The summed E-state index contributed by atoms with van der Waals surface area (Å²) in [7, 11) is 0. The molecule has 1 fully saturated rings. The molecule has 0 radical (unpaired) electrons. The molecule has 78 valence electrons. The predicted octanol–water partition coefficient (Wildman–Crippen LogP) is 3.81. The van der Waals surface area contributed by atoms with Crippen LogP contribution in [0.2, 0.25) is 0 Å². The number of halogens is 1. The number of hydrogen-bond acceptors (Lipinski definition) is 3. The van der Waals surface area contributed by atoms with Gasteiger partial charge in [-0.15, -0.1) is 10.2 Å². The molecule has 0 atom stereocenters. The quantitative estimate of drug-likeness (QED) is 0.838. The van der Waals surface area contributed by atoms with Crippen molar-refractivity contribution >= 4 is 27.3 Å². The van der Waals surface area contributed by atoms with E-state index in [1.807, 2.05) is 0 Å². The van der Waals surface area contributed by atoms with Crippen molar-refractivity contribution in [2.75, 3.05) is 0 Å². The highest BCUT2D eigenvalue weighted by molar-refractivity contribution is 9.11. The van der Waals surface area contributed by atoms with Crippen molar-refractivity contribution in [2.24, 2.45) is 5.92 Å². The van der Waals surface area contributed by atoms with Gasteiger partial charge in [-0.25, -0.2) is 0 Å². The molecule has 0 unspecified atom stereocenters. The molecule has 0 bridgehead atoms. The summed E-state index contributed by atoms with van der Waals surface area (Å²) in [6.07, 6.45) is 9.60. The highest BCUT2D eigenvalue weighted by Gasteiger charge is 2.14. The lowest BCUT2D eigenvalue weighted by Gasteiger charge is -2.20. The molecule has 0 aliphatic heterocycles. The molecular weight excluding hydrogens is 260 g/mol. The number of hydrogen-bond donors (Lipinski definition) is 0. The zero-order valence-electron chi connectivity index (χ0n) is 8.21. The number of aryl methyl sites for hydroxylation is 1. The lowest BCUT2D eigenvalue weighted by atomic mass is 9.86. The van der Waals surface area contributed by atoms with E-state index >= 15 is 0 Å². The molecule has 0 N–H and O–H groups in total. The molecule has 0 spiro atoms. The monoisotopic (exact) mass is 274 g/mol. The lowest BCUT2D eigenvalue weighted by Crippen LogP contribution is -2.07. The summed E-state index contributed by atoms with van der Waals surface area (Å²) in [5, 5.41) is 9.27. The Labute approximate surface area is 97.3 Å². The van der Waals surface area contributed by atoms with Crippen LogP contribution in [-0.2, 0) is 6.42 Å². The number of aromatic nitrogens is 2. The summed E-state index contributed by atoms with van der Waals surface area (Å²) >= 11 is 5.01. The Morgan fingerprint density at radius 1 is 1.21 bits per heavy atom. The second kappa shape index (κ2) is 5.21. The van der Waals surface area contributed by atoms with Crippen LogP contribution in [0.4, 0.5) is 0 Å². The van der Waals surface area contributed by atoms with E-state index in [1.54, 1.807) is 11.3 Å². The van der Waals surface area contributed by atoms with Crippen LogP contribution in [-0.4, -0.2) is 10.2 Å². The van der Waals surface area contributed by atoms with Gasteiger partial charge in [-0.2, -0.15) is 0 Å². The van der Waals surface area contributed by atoms with E-state index in [-0.39, 0.29) is 0 Å². The van der Waals surface area contributed by atoms with Crippen molar-refractivity contribution in [3.63, 3.8) is 0 Å². The molecule has 2 rings (SSSR count). The first-order valence-electron chi connectivity index (χ1n) is 5.32. The maximum Gasteiger partial charge on any atom is 0.183 e. The normalized spacial score (nSPS) is 18.6. The largest absolute Gasteiger partial charge is 0.183 e. The molecule has 0 aromatic carbocycles. The fraction of sp³-hybridized carbons (Fsp3) is 0.800. The average Bonchev–Trinajstić information content (AvgIpc) is 2.63. The molecule has 1 saturated carbocycles. The minimum Gasteiger partial charge on any atom is -0.143 e. The maximum atomic E-state index is 4.12. The van der Waals surface area contributed by atoms with Gasteiger partial charge in [0.2, 0.25) is 0 Å². The predicted molar refractivity (Wildman–Crippen MR) is 62.5 cm³/mol. The van der Waals surface area contributed by atoms with Crippen molar-refractivity contribution in [1.82, 2.24) is 10.2 Å². The molecule has 4 heteroatoms. The Balaban J connectivity index is 1.76. The highest BCUT2D eigenvalue weighted by atomic mass is 79.9. The molecular formula is C10H15BrN2S. The number of rotatable bonds is 3. The van der Waals surface area contributed by atoms with Gasteiger partial charge in [-0.3, -0.25) is 0 Å². The van der Waals surface area contributed by atoms with Crippen molar-refractivity contribution in [1.29, 1.82) is 0 Å². The Bertz CT molecular complexity index is 281. The molecule has 1 aromatic rings. The third-order valence-electron chi connectivity index (χ3n) is 2.93. The van der Waals surface area contributed by atoms with E-state index in [1.165, 1.54) is 43.5 Å². The Hall–Kier alpha value is 0.0400. The standard InChI is InChI=1S/C10H15BrN2S/c11-10-13-12-9(14-10)7-6-8-4-2-1-3-5-8/h8H,1-7H2.